The van der Waals surface area contributed by atoms with Gasteiger partial charge in [0, 0.05) is 51.6 Å². The third kappa shape index (κ3) is 23.1. The van der Waals surface area contributed by atoms with Crippen molar-refractivity contribution in [2.24, 2.45) is 45.3 Å². The minimum absolute atomic E-state index is 0.141. The van der Waals surface area contributed by atoms with Crippen LogP contribution in [0.2, 0.25) is 0 Å². The lowest BCUT2D eigenvalue weighted by Gasteiger charge is -2.31. The van der Waals surface area contributed by atoms with E-state index in [1.165, 1.54) is 32.1 Å². The van der Waals surface area contributed by atoms with Crippen molar-refractivity contribution in [3.8, 4) is 0 Å². The quantitative estimate of drug-likeness (QED) is 0.0615. The van der Waals surface area contributed by atoms with Gasteiger partial charge in [-0.05, 0) is 114 Å². The predicted octanol–water partition coefficient (Wildman–Crippen LogP) is 12.2. The maximum absolute atomic E-state index is 12.0. The second-order valence-electron chi connectivity index (χ2n) is 20.1. The first-order chi connectivity index (χ1) is 28.7. The van der Waals surface area contributed by atoms with Crippen molar-refractivity contribution in [3.63, 3.8) is 0 Å². The second kappa shape index (κ2) is 30.8. The average Bonchev–Trinajstić information content (AvgIpc) is 3.79. The van der Waals surface area contributed by atoms with E-state index >= 15 is 0 Å². The molecule has 0 bridgehead atoms. The van der Waals surface area contributed by atoms with Gasteiger partial charge in [-0.1, -0.05) is 87.5 Å². The highest BCUT2D eigenvalue weighted by atomic mass is 16.7. The monoisotopic (exact) mass is 889 g/mol. The number of rotatable bonds is 21. The van der Waals surface area contributed by atoms with Gasteiger partial charge in [0.05, 0.1) is 21.7 Å². The molecule has 0 aliphatic heterocycles. The van der Waals surface area contributed by atoms with Crippen molar-refractivity contribution in [3.05, 3.63) is 0 Å². The highest BCUT2D eigenvalue weighted by Crippen LogP contribution is 2.33. The second-order valence-corrected chi connectivity index (χ2v) is 20.1. The van der Waals surface area contributed by atoms with E-state index in [1.807, 2.05) is 118 Å². The van der Waals surface area contributed by atoms with Crippen LogP contribution >= 0.6 is 0 Å². The van der Waals surface area contributed by atoms with Crippen LogP contribution in [0.15, 0.2) is 0 Å². The van der Waals surface area contributed by atoms with Gasteiger partial charge in [0.2, 0.25) is 25.2 Å². The number of methoxy groups -OCH3 is 3. The lowest BCUT2D eigenvalue weighted by molar-refractivity contribution is -0.197. The molecule has 2 saturated carbocycles. The van der Waals surface area contributed by atoms with Crippen LogP contribution in [0.5, 0.6) is 0 Å². The van der Waals surface area contributed by atoms with Gasteiger partial charge in [-0.2, -0.15) is 0 Å². The fourth-order valence-corrected chi connectivity index (χ4v) is 5.93. The maximum atomic E-state index is 12.0. The molecule has 12 heteroatoms. The third-order valence-corrected chi connectivity index (χ3v) is 12.6. The fraction of sp³-hybridized carbons (Fsp3) is 0.920. The Kier molecular flexibility index (Phi) is 30.7. The number of hydrogen-bond acceptors (Lipinski definition) is 12. The summed E-state index contributed by atoms with van der Waals surface area (Å²) in [7, 11) is 4.80. The topological polar surface area (TPSA) is 142 Å². The lowest BCUT2D eigenvalue weighted by atomic mass is 9.88. The molecule has 0 spiro atoms. The van der Waals surface area contributed by atoms with E-state index in [9.17, 15) is 19.2 Å². The molecule has 368 valence electrons. The molecule has 0 aromatic heterocycles. The normalized spacial score (nSPS) is 17.2. The molecule has 0 radical (unpaired) electrons. The molecule has 12 nitrogen and oxygen atoms in total. The molecular formula is C50H96O12. The Morgan fingerprint density at radius 1 is 0.435 bits per heavy atom. The Morgan fingerprint density at radius 3 is 0.952 bits per heavy atom. The Morgan fingerprint density at radius 2 is 0.710 bits per heavy atom. The molecule has 0 aromatic carbocycles. The van der Waals surface area contributed by atoms with Crippen LogP contribution in [0.4, 0.5) is 0 Å². The molecule has 4 unspecified atom stereocenters. The number of ether oxygens (including phenoxy) is 8. The highest BCUT2D eigenvalue weighted by molar-refractivity contribution is 5.77. The Bertz CT molecular complexity index is 1230. The molecule has 2 aliphatic carbocycles. The molecule has 0 heterocycles. The van der Waals surface area contributed by atoms with E-state index in [4.69, 9.17) is 37.9 Å². The fourth-order valence-electron chi connectivity index (χ4n) is 5.93. The molecule has 2 fully saturated rings. The van der Waals surface area contributed by atoms with Crippen molar-refractivity contribution < 1.29 is 57.1 Å². The zero-order chi connectivity index (χ0) is 48.5. The van der Waals surface area contributed by atoms with E-state index in [1.54, 1.807) is 21.3 Å². The van der Waals surface area contributed by atoms with Crippen LogP contribution < -0.4 is 0 Å². The highest BCUT2D eigenvalue weighted by Gasteiger charge is 2.36. The molecule has 0 aromatic rings. The molecule has 62 heavy (non-hydrogen) atoms. The average molecular weight is 889 g/mol. The van der Waals surface area contributed by atoms with Gasteiger partial charge in [-0.3, -0.25) is 19.2 Å². The summed E-state index contributed by atoms with van der Waals surface area (Å²) in [6.07, 6.45) is 12.2. The number of hydrogen-bond donors (Lipinski definition) is 0. The summed E-state index contributed by atoms with van der Waals surface area (Å²) < 4.78 is 42.7. The first-order valence-electron chi connectivity index (χ1n) is 23.8. The predicted molar refractivity (Wildman–Crippen MR) is 247 cm³/mol. The number of carbonyl (C=O) groups excluding carboxylic acids is 4. The summed E-state index contributed by atoms with van der Waals surface area (Å²) in [4.78, 5) is 47.4. The van der Waals surface area contributed by atoms with E-state index < -0.39 is 34.2 Å². The smallest absolute Gasteiger partial charge is 0.313 e. The minimum atomic E-state index is -0.437. The van der Waals surface area contributed by atoms with Crippen molar-refractivity contribution in [2.75, 3.05) is 27.9 Å². The van der Waals surface area contributed by atoms with Gasteiger partial charge in [0.25, 0.3) is 0 Å². The SMILES string of the molecule is CCC(C)(C)C(=O)OC(OC)C(C)C.CCC(C)(C)C(=O)OC(OC)C1CCCC1.CCC(C)(C)C(=O)OC(OC)C1CCCCC1.CCOC(OC(=O)C(C)(C)CC)C(C)C. The Balaban J connectivity index is 0. The molecule has 0 N–H and O–H groups in total. The molecule has 4 atom stereocenters. The van der Waals surface area contributed by atoms with Crippen LogP contribution in [0.1, 0.15) is 201 Å². The molecule has 0 amide bonds. The van der Waals surface area contributed by atoms with Gasteiger partial charge >= 0.3 is 23.9 Å². The summed E-state index contributed by atoms with van der Waals surface area (Å²) in [6.45, 7) is 33.5. The van der Waals surface area contributed by atoms with E-state index in [0.717, 1.165) is 51.4 Å². The summed E-state index contributed by atoms with van der Waals surface area (Å²) in [5.74, 6) is 0.467. The number of carbonyl (C=O) groups is 4. The van der Waals surface area contributed by atoms with Crippen LogP contribution in [-0.2, 0) is 57.1 Å². The van der Waals surface area contributed by atoms with Crippen molar-refractivity contribution in [1.29, 1.82) is 0 Å². The lowest BCUT2D eigenvalue weighted by Crippen LogP contribution is -2.35. The minimum Gasteiger partial charge on any atom is -0.435 e. The van der Waals surface area contributed by atoms with Crippen LogP contribution in [-0.4, -0.2) is 77.0 Å². The first kappa shape index (κ1) is 61.8. The zero-order valence-electron chi connectivity index (χ0n) is 43.4. The standard InChI is InChI=1S/C14H26O3.C13H24O3.C12H24O3.C11H22O3/c1-5-14(2,3)13(15)17-12(16-4)11-9-7-6-8-10-11;1-5-13(2,3)12(14)16-11(15-4)10-8-6-7-9-10;1-7-12(5,6)11(13)15-10(9(3)4)14-8-2;1-7-11(4,5)10(12)14-9(13-6)8(2)3/h11-12H,5-10H2,1-4H3;10-11H,5-9H2,1-4H3;9-10H,7-8H2,1-6H3;8-9H,7H2,1-6H3. The Labute approximate surface area is 379 Å². The third-order valence-electron chi connectivity index (χ3n) is 12.6. The van der Waals surface area contributed by atoms with E-state index in [0.29, 0.717) is 18.4 Å². The zero-order valence-corrected chi connectivity index (χ0v) is 43.4. The summed E-state index contributed by atoms with van der Waals surface area (Å²) in [6, 6.07) is 0. The van der Waals surface area contributed by atoms with Gasteiger partial charge in [0.1, 0.15) is 0 Å². The van der Waals surface area contributed by atoms with Crippen LogP contribution in [0, 0.1) is 45.3 Å². The van der Waals surface area contributed by atoms with E-state index in [2.05, 4.69) is 0 Å². The van der Waals surface area contributed by atoms with Crippen LogP contribution in [0.3, 0.4) is 0 Å². The van der Waals surface area contributed by atoms with Gasteiger partial charge in [-0.15, -0.1) is 0 Å². The van der Waals surface area contributed by atoms with Crippen LogP contribution in [0.25, 0.3) is 0 Å². The Hall–Kier alpha value is -2.28. The summed E-state index contributed by atoms with van der Waals surface area (Å²) in [5, 5.41) is 0. The van der Waals surface area contributed by atoms with Crippen molar-refractivity contribution in [1.82, 2.24) is 0 Å². The first-order valence-corrected chi connectivity index (χ1v) is 23.8. The van der Waals surface area contributed by atoms with Gasteiger partial charge in [0.15, 0.2) is 0 Å². The van der Waals surface area contributed by atoms with Crippen molar-refractivity contribution >= 4 is 23.9 Å². The van der Waals surface area contributed by atoms with E-state index in [-0.39, 0.29) is 48.3 Å². The largest absolute Gasteiger partial charge is 0.435 e. The van der Waals surface area contributed by atoms with Gasteiger partial charge < -0.3 is 37.9 Å². The maximum Gasteiger partial charge on any atom is 0.313 e. The van der Waals surface area contributed by atoms with Gasteiger partial charge in [-0.25, -0.2) is 0 Å². The molecule has 2 aliphatic rings. The summed E-state index contributed by atoms with van der Waals surface area (Å²) in [5.41, 5.74) is -1.67. The number of esters is 4. The molecular weight excluding hydrogens is 793 g/mol. The summed E-state index contributed by atoms with van der Waals surface area (Å²) >= 11 is 0. The molecule has 2 rings (SSSR count). The van der Waals surface area contributed by atoms with Crippen molar-refractivity contribution in [2.45, 2.75) is 226 Å². The molecule has 0 saturated heterocycles.